The maximum atomic E-state index is 7.20. The van der Waals surface area contributed by atoms with Crippen molar-refractivity contribution < 1.29 is 0 Å². The summed E-state index contributed by atoms with van der Waals surface area (Å²) in [6.07, 6.45) is 14.2. The Balaban J connectivity index is 4.18. The van der Waals surface area contributed by atoms with Crippen molar-refractivity contribution in [3.63, 3.8) is 0 Å². The van der Waals surface area contributed by atoms with Gasteiger partial charge in [0.1, 0.15) is 0 Å². The van der Waals surface area contributed by atoms with Gasteiger partial charge < -0.3 is 5.73 Å². The second-order valence-corrected chi connectivity index (χ2v) is 6.03. The summed E-state index contributed by atoms with van der Waals surface area (Å²) in [4.78, 5) is 0. The van der Waals surface area contributed by atoms with Crippen LogP contribution in [0.15, 0.2) is 5.10 Å². The molecule has 0 heterocycles. The maximum absolute atomic E-state index is 7.20. The molecule has 21 heavy (non-hydrogen) atoms. The van der Waals surface area contributed by atoms with E-state index in [1.165, 1.54) is 70.6 Å². The molecule has 0 rings (SSSR count). The topological polar surface area (TPSA) is 74.3 Å². The quantitative estimate of drug-likeness (QED) is 0.198. The van der Waals surface area contributed by atoms with Gasteiger partial charge in [0.25, 0.3) is 0 Å². The fraction of sp³-hybridized carbons (Fsp3) is 0.882. The molecule has 0 aliphatic carbocycles. The Kier molecular flexibility index (Phi) is 13.2. The van der Waals surface area contributed by atoms with Crippen LogP contribution in [0.2, 0.25) is 0 Å². The zero-order valence-electron chi connectivity index (χ0n) is 14.4. The molecule has 0 aliphatic heterocycles. The van der Waals surface area contributed by atoms with E-state index in [0.29, 0.717) is 5.92 Å². The van der Waals surface area contributed by atoms with Gasteiger partial charge in [0.15, 0.2) is 0 Å². The highest BCUT2D eigenvalue weighted by atomic mass is 15.3. The van der Waals surface area contributed by atoms with Crippen LogP contribution in [0.3, 0.4) is 0 Å². The second-order valence-electron chi connectivity index (χ2n) is 6.03. The Morgan fingerprint density at radius 2 is 1.43 bits per heavy atom. The van der Waals surface area contributed by atoms with Crippen LogP contribution in [-0.4, -0.2) is 11.7 Å². The summed E-state index contributed by atoms with van der Waals surface area (Å²) in [5, 5.41) is 11.5. The standard InChI is InChI=1S/C17H36N4/c1-4-6-8-10-12-14-16(13-11-9-7-5-2)15(3)20-21-17(18)19/h16H,4-14H2,1-3H3,(H4,18,19,21)/b20-15+. The molecule has 0 saturated carbocycles. The van der Waals surface area contributed by atoms with Gasteiger partial charge in [0, 0.05) is 5.71 Å². The number of guanidine groups is 1. The highest BCUT2D eigenvalue weighted by molar-refractivity contribution is 5.86. The lowest BCUT2D eigenvalue weighted by Crippen LogP contribution is -2.27. The van der Waals surface area contributed by atoms with E-state index in [0.717, 1.165) is 5.71 Å². The minimum absolute atomic E-state index is 0.0815. The van der Waals surface area contributed by atoms with Crippen molar-refractivity contribution in [2.45, 2.75) is 91.4 Å². The highest BCUT2D eigenvalue weighted by Crippen LogP contribution is 2.20. The zero-order chi connectivity index (χ0) is 15.9. The third-order valence-electron chi connectivity index (χ3n) is 4.01. The fourth-order valence-electron chi connectivity index (χ4n) is 2.61. The number of unbranched alkanes of at least 4 members (excludes halogenated alkanes) is 7. The van der Waals surface area contributed by atoms with E-state index in [9.17, 15) is 0 Å². The number of hydrogen-bond donors (Lipinski definition) is 3. The van der Waals surface area contributed by atoms with Gasteiger partial charge in [-0.1, -0.05) is 71.6 Å². The molecule has 0 fully saturated rings. The Hall–Kier alpha value is -1.06. The molecule has 0 bridgehead atoms. The van der Waals surface area contributed by atoms with Gasteiger partial charge in [0.05, 0.1) is 0 Å². The van der Waals surface area contributed by atoms with Crippen LogP contribution < -0.4 is 11.2 Å². The van der Waals surface area contributed by atoms with Crippen LogP contribution in [0.5, 0.6) is 0 Å². The van der Waals surface area contributed by atoms with E-state index in [2.05, 4.69) is 31.3 Å². The van der Waals surface area contributed by atoms with Crippen LogP contribution in [0.1, 0.15) is 91.4 Å². The summed E-state index contributed by atoms with van der Waals surface area (Å²) in [5.74, 6) is 0.456. The molecule has 1 unspecified atom stereocenters. The minimum Gasteiger partial charge on any atom is -0.369 e. The maximum Gasteiger partial charge on any atom is 0.206 e. The van der Waals surface area contributed by atoms with Gasteiger partial charge in [-0.3, -0.25) is 5.41 Å². The fourth-order valence-corrected chi connectivity index (χ4v) is 2.61. The van der Waals surface area contributed by atoms with Crippen molar-refractivity contribution in [3.8, 4) is 0 Å². The largest absolute Gasteiger partial charge is 0.369 e. The lowest BCUT2D eigenvalue weighted by atomic mass is 9.91. The molecule has 0 aromatic rings. The molecule has 0 saturated heterocycles. The van der Waals surface area contributed by atoms with Crippen LogP contribution in [0.4, 0.5) is 0 Å². The van der Waals surface area contributed by atoms with E-state index in [4.69, 9.17) is 11.1 Å². The van der Waals surface area contributed by atoms with E-state index in [-0.39, 0.29) is 5.96 Å². The van der Waals surface area contributed by atoms with Crippen molar-refractivity contribution in [2.75, 3.05) is 0 Å². The predicted molar refractivity (Wildman–Crippen MR) is 93.8 cm³/mol. The number of hydrazone groups is 1. The summed E-state index contributed by atoms with van der Waals surface area (Å²) in [6, 6.07) is 0. The van der Waals surface area contributed by atoms with E-state index >= 15 is 0 Å². The Labute approximate surface area is 131 Å². The number of rotatable bonds is 13. The molecule has 0 spiro atoms. The van der Waals surface area contributed by atoms with Crippen molar-refractivity contribution in [1.29, 1.82) is 5.41 Å². The molecule has 124 valence electrons. The molecule has 4 nitrogen and oxygen atoms in total. The summed E-state index contributed by atoms with van der Waals surface area (Å²) in [5.41, 5.74) is 8.98. The van der Waals surface area contributed by atoms with Gasteiger partial charge in [0.2, 0.25) is 5.96 Å². The molecule has 0 aromatic carbocycles. The van der Waals surface area contributed by atoms with Crippen LogP contribution in [0.25, 0.3) is 0 Å². The average molecular weight is 297 g/mol. The first kappa shape index (κ1) is 19.9. The molecule has 0 radical (unpaired) electrons. The average Bonchev–Trinajstić information content (AvgIpc) is 2.46. The summed E-state index contributed by atoms with van der Waals surface area (Å²) in [6.45, 7) is 6.56. The monoisotopic (exact) mass is 296 g/mol. The normalized spacial score (nSPS) is 13.2. The van der Waals surface area contributed by atoms with Crippen molar-refractivity contribution in [1.82, 2.24) is 5.43 Å². The van der Waals surface area contributed by atoms with Crippen molar-refractivity contribution >= 4 is 11.7 Å². The second kappa shape index (κ2) is 13.9. The number of nitrogens with two attached hydrogens (primary N) is 1. The first-order chi connectivity index (χ1) is 10.1. The Bertz CT molecular complexity index is 287. The number of nitrogens with zero attached hydrogens (tertiary/aromatic N) is 1. The molecule has 0 aliphatic rings. The van der Waals surface area contributed by atoms with Crippen LogP contribution in [-0.2, 0) is 0 Å². The predicted octanol–water partition coefficient (Wildman–Crippen LogP) is 4.79. The van der Waals surface area contributed by atoms with Crippen LogP contribution >= 0.6 is 0 Å². The zero-order valence-corrected chi connectivity index (χ0v) is 14.4. The summed E-state index contributed by atoms with van der Waals surface area (Å²) >= 11 is 0. The molecule has 1 atom stereocenters. The molecule has 0 amide bonds. The van der Waals surface area contributed by atoms with Crippen molar-refractivity contribution in [2.24, 2.45) is 16.8 Å². The molecule has 4 N–H and O–H groups in total. The lowest BCUT2D eigenvalue weighted by Gasteiger charge is -2.17. The van der Waals surface area contributed by atoms with Gasteiger partial charge >= 0.3 is 0 Å². The Morgan fingerprint density at radius 1 is 0.952 bits per heavy atom. The third kappa shape index (κ3) is 12.4. The van der Waals surface area contributed by atoms with E-state index < -0.39 is 0 Å². The van der Waals surface area contributed by atoms with Gasteiger partial charge in [-0.25, -0.2) is 5.43 Å². The van der Waals surface area contributed by atoms with Crippen LogP contribution in [0, 0.1) is 11.3 Å². The molecule has 0 aromatic heterocycles. The van der Waals surface area contributed by atoms with Gasteiger partial charge in [-0.15, -0.1) is 0 Å². The molecular weight excluding hydrogens is 260 g/mol. The van der Waals surface area contributed by atoms with Gasteiger partial charge in [-0.2, -0.15) is 5.10 Å². The number of nitrogens with one attached hydrogen (secondary N) is 2. The third-order valence-corrected chi connectivity index (χ3v) is 4.01. The van der Waals surface area contributed by atoms with Crippen molar-refractivity contribution in [3.05, 3.63) is 0 Å². The smallest absolute Gasteiger partial charge is 0.206 e. The van der Waals surface area contributed by atoms with E-state index in [1.807, 2.05) is 0 Å². The highest BCUT2D eigenvalue weighted by Gasteiger charge is 2.12. The number of hydrogen-bond acceptors (Lipinski definition) is 2. The van der Waals surface area contributed by atoms with E-state index in [1.54, 1.807) is 0 Å². The molecular formula is C17H36N4. The summed E-state index contributed by atoms with van der Waals surface area (Å²) < 4.78 is 0. The minimum atomic E-state index is -0.0815. The summed E-state index contributed by atoms with van der Waals surface area (Å²) in [7, 11) is 0. The first-order valence-corrected chi connectivity index (χ1v) is 8.76. The Morgan fingerprint density at radius 3 is 1.90 bits per heavy atom. The SMILES string of the molecule is CCCCCCCC(CCCCCC)/C(C)=N/NC(=N)N. The molecule has 4 heteroatoms. The first-order valence-electron chi connectivity index (χ1n) is 8.76. The lowest BCUT2D eigenvalue weighted by molar-refractivity contribution is 0.488. The van der Waals surface area contributed by atoms with Gasteiger partial charge in [-0.05, 0) is 25.7 Å².